The summed E-state index contributed by atoms with van der Waals surface area (Å²) in [6.07, 6.45) is 1.13. The molecule has 0 spiro atoms. The zero-order valence-corrected chi connectivity index (χ0v) is 11.4. The monoisotopic (exact) mass is 269 g/mol. The van der Waals surface area contributed by atoms with Gasteiger partial charge in [-0.05, 0) is 36.2 Å². The third-order valence-corrected chi connectivity index (χ3v) is 3.64. The van der Waals surface area contributed by atoms with Crippen LogP contribution in [0.15, 0.2) is 48.5 Å². The summed E-state index contributed by atoms with van der Waals surface area (Å²) in [6, 6.07) is 16.1. The lowest BCUT2D eigenvalue weighted by Crippen LogP contribution is -2.36. The first kappa shape index (κ1) is 13.0. The Bertz CT molecular complexity index is 586. The van der Waals surface area contributed by atoms with Gasteiger partial charge >= 0.3 is 0 Å². The summed E-state index contributed by atoms with van der Waals surface area (Å²) >= 11 is 0. The van der Waals surface area contributed by atoms with Crippen LogP contribution >= 0.6 is 0 Å². The first-order valence-electron chi connectivity index (χ1n) is 6.84. The second-order valence-corrected chi connectivity index (χ2v) is 5.18. The van der Waals surface area contributed by atoms with Gasteiger partial charge in [-0.3, -0.25) is 0 Å². The molecule has 3 rings (SSSR count). The van der Waals surface area contributed by atoms with Gasteiger partial charge in [0.15, 0.2) is 0 Å². The number of aryl methyl sites for hydroxylation is 1. The summed E-state index contributed by atoms with van der Waals surface area (Å²) in [4.78, 5) is 0. The van der Waals surface area contributed by atoms with E-state index < -0.39 is 0 Å². The van der Waals surface area contributed by atoms with Gasteiger partial charge in [-0.1, -0.05) is 30.3 Å². The predicted molar refractivity (Wildman–Crippen MR) is 80.3 cm³/mol. The molecule has 2 atom stereocenters. The molecule has 4 heteroatoms. The number of phenols is 1. The van der Waals surface area contributed by atoms with Crippen LogP contribution in [0.3, 0.4) is 0 Å². The minimum Gasteiger partial charge on any atom is -0.508 e. The van der Waals surface area contributed by atoms with Crippen molar-refractivity contribution < 1.29 is 5.11 Å². The highest BCUT2D eigenvalue weighted by Crippen LogP contribution is 2.25. The first-order chi connectivity index (χ1) is 9.72. The van der Waals surface area contributed by atoms with E-state index in [0.29, 0.717) is 11.8 Å². The Morgan fingerprint density at radius 2 is 1.90 bits per heavy atom. The highest BCUT2D eigenvalue weighted by Gasteiger charge is 2.24. The standard InChI is InChI=1S/C16H19N3O/c1-11-9-13(20)7-8-14(11)17-16-10-15(18-19-16)12-5-3-2-4-6-12/h2-9,15-20H,10H2,1H3. The van der Waals surface area contributed by atoms with Crippen molar-refractivity contribution in [2.45, 2.75) is 25.6 Å². The molecule has 0 amide bonds. The molecule has 2 aromatic rings. The molecule has 0 bridgehead atoms. The highest BCUT2D eigenvalue weighted by molar-refractivity contribution is 5.54. The number of rotatable bonds is 3. The molecule has 0 radical (unpaired) electrons. The minimum absolute atomic E-state index is 0.170. The number of nitrogens with one attached hydrogen (secondary N) is 3. The number of aromatic hydroxyl groups is 1. The Hall–Kier alpha value is -2.04. The summed E-state index contributed by atoms with van der Waals surface area (Å²) < 4.78 is 0. The normalized spacial score (nSPS) is 21.9. The van der Waals surface area contributed by atoms with E-state index in [-0.39, 0.29) is 6.17 Å². The summed E-state index contributed by atoms with van der Waals surface area (Å²) in [7, 11) is 0. The summed E-state index contributed by atoms with van der Waals surface area (Å²) in [5, 5.41) is 12.9. The molecular formula is C16H19N3O. The third kappa shape index (κ3) is 2.76. The molecule has 0 aliphatic carbocycles. The Labute approximate surface area is 118 Å². The van der Waals surface area contributed by atoms with E-state index in [1.165, 1.54) is 5.56 Å². The molecular weight excluding hydrogens is 250 g/mol. The zero-order chi connectivity index (χ0) is 13.9. The van der Waals surface area contributed by atoms with Gasteiger partial charge in [0.25, 0.3) is 0 Å². The second-order valence-electron chi connectivity index (χ2n) is 5.18. The minimum atomic E-state index is 0.170. The maximum absolute atomic E-state index is 9.43. The lowest BCUT2D eigenvalue weighted by atomic mass is 10.0. The lowest BCUT2D eigenvalue weighted by Gasteiger charge is -2.15. The molecule has 1 aliphatic rings. The van der Waals surface area contributed by atoms with Crippen molar-refractivity contribution >= 4 is 5.69 Å². The van der Waals surface area contributed by atoms with Gasteiger partial charge in [0.1, 0.15) is 5.75 Å². The van der Waals surface area contributed by atoms with Crippen LogP contribution in [-0.2, 0) is 0 Å². The average molecular weight is 269 g/mol. The van der Waals surface area contributed by atoms with E-state index >= 15 is 0 Å². The van der Waals surface area contributed by atoms with Gasteiger partial charge in [-0.2, -0.15) is 0 Å². The van der Waals surface area contributed by atoms with E-state index in [4.69, 9.17) is 0 Å². The van der Waals surface area contributed by atoms with Crippen LogP contribution in [0.25, 0.3) is 0 Å². The maximum atomic E-state index is 9.43. The van der Waals surface area contributed by atoms with Gasteiger partial charge in [-0.25, -0.2) is 10.9 Å². The van der Waals surface area contributed by atoms with Crippen LogP contribution in [0.4, 0.5) is 5.69 Å². The van der Waals surface area contributed by atoms with Crippen molar-refractivity contribution in [3.8, 4) is 5.75 Å². The third-order valence-electron chi connectivity index (χ3n) is 3.64. The number of hydrazine groups is 1. The van der Waals surface area contributed by atoms with Crippen LogP contribution in [0.2, 0.25) is 0 Å². The SMILES string of the molecule is Cc1cc(O)ccc1NC1CC(c2ccccc2)NN1. The predicted octanol–water partition coefficient (Wildman–Crippen LogP) is 2.68. The van der Waals surface area contributed by atoms with Gasteiger partial charge in [0.05, 0.1) is 6.17 Å². The quantitative estimate of drug-likeness (QED) is 0.647. The lowest BCUT2D eigenvalue weighted by molar-refractivity contribution is 0.475. The Kier molecular flexibility index (Phi) is 3.58. The fourth-order valence-electron chi connectivity index (χ4n) is 2.55. The van der Waals surface area contributed by atoms with Gasteiger partial charge in [-0.15, -0.1) is 0 Å². The fourth-order valence-corrected chi connectivity index (χ4v) is 2.55. The van der Waals surface area contributed by atoms with Crippen molar-refractivity contribution in [3.05, 3.63) is 59.7 Å². The smallest absolute Gasteiger partial charge is 0.115 e. The van der Waals surface area contributed by atoms with E-state index in [1.807, 2.05) is 19.1 Å². The molecule has 1 fully saturated rings. The molecule has 20 heavy (non-hydrogen) atoms. The largest absolute Gasteiger partial charge is 0.508 e. The van der Waals surface area contributed by atoms with E-state index in [9.17, 15) is 5.11 Å². The van der Waals surface area contributed by atoms with E-state index in [0.717, 1.165) is 17.7 Å². The van der Waals surface area contributed by atoms with Crippen molar-refractivity contribution in [3.63, 3.8) is 0 Å². The molecule has 0 saturated carbocycles. The number of benzene rings is 2. The van der Waals surface area contributed by atoms with Crippen LogP contribution in [0, 0.1) is 6.92 Å². The Balaban J connectivity index is 1.66. The Morgan fingerprint density at radius 3 is 2.65 bits per heavy atom. The maximum Gasteiger partial charge on any atom is 0.115 e. The van der Waals surface area contributed by atoms with Crippen LogP contribution in [0.5, 0.6) is 5.75 Å². The highest BCUT2D eigenvalue weighted by atomic mass is 16.3. The molecule has 1 aliphatic heterocycles. The zero-order valence-electron chi connectivity index (χ0n) is 11.4. The van der Waals surface area contributed by atoms with Crippen molar-refractivity contribution in [2.24, 2.45) is 0 Å². The summed E-state index contributed by atoms with van der Waals surface area (Å²) in [5.41, 5.74) is 9.94. The fraction of sp³-hybridized carbons (Fsp3) is 0.250. The molecule has 4 N–H and O–H groups in total. The van der Waals surface area contributed by atoms with Gasteiger partial charge in [0.2, 0.25) is 0 Å². The van der Waals surface area contributed by atoms with Gasteiger partial charge in [0, 0.05) is 18.2 Å². The number of hydrogen-bond donors (Lipinski definition) is 4. The summed E-state index contributed by atoms with van der Waals surface area (Å²) in [5.74, 6) is 0.299. The second kappa shape index (κ2) is 5.53. The van der Waals surface area contributed by atoms with E-state index in [2.05, 4.69) is 40.4 Å². The number of anilines is 1. The number of phenolic OH excluding ortho intramolecular Hbond substituents is 1. The van der Waals surface area contributed by atoms with Gasteiger partial charge < -0.3 is 10.4 Å². The van der Waals surface area contributed by atoms with Crippen molar-refractivity contribution in [1.82, 2.24) is 10.9 Å². The number of hydrogen-bond acceptors (Lipinski definition) is 4. The molecule has 2 unspecified atom stereocenters. The van der Waals surface area contributed by atoms with Crippen molar-refractivity contribution in [1.29, 1.82) is 0 Å². The molecule has 104 valence electrons. The molecule has 1 heterocycles. The van der Waals surface area contributed by atoms with Crippen LogP contribution in [-0.4, -0.2) is 11.3 Å². The topological polar surface area (TPSA) is 56.3 Å². The molecule has 0 aromatic heterocycles. The average Bonchev–Trinajstić information content (AvgIpc) is 2.92. The van der Waals surface area contributed by atoms with Crippen molar-refractivity contribution in [2.75, 3.05) is 5.32 Å². The Morgan fingerprint density at radius 1 is 1.10 bits per heavy atom. The molecule has 4 nitrogen and oxygen atoms in total. The van der Waals surface area contributed by atoms with Crippen LogP contribution in [0.1, 0.15) is 23.6 Å². The van der Waals surface area contributed by atoms with E-state index in [1.54, 1.807) is 12.1 Å². The summed E-state index contributed by atoms with van der Waals surface area (Å²) in [6.45, 7) is 1.99. The first-order valence-corrected chi connectivity index (χ1v) is 6.84. The van der Waals surface area contributed by atoms with Crippen LogP contribution < -0.4 is 16.2 Å². The molecule has 1 saturated heterocycles. The molecule has 2 aromatic carbocycles.